The van der Waals surface area contributed by atoms with Crippen LogP contribution < -0.4 is 5.32 Å². The third-order valence-electron chi connectivity index (χ3n) is 4.88. The van der Waals surface area contributed by atoms with E-state index in [0.717, 1.165) is 24.5 Å². The Kier molecular flexibility index (Phi) is 5.30. The summed E-state index contributed by atoms with van der Waals surface area (Å²) in [7, 11) is 2.10. The Morgan fingerprint density at radius 3 is 2.65 bits per heavy atom. The quantitative estimate of drug-likeness (QED) is 0.794. The zero-order valence-electron chi connectivity index (χ0n) is 11.6. The largest absolute Gasteiger partial charge is 0.378 e. The van der Waals surface area contributed by atoms with Crippen LogP contribution in [0.1, 0.15) is 58.3 Å². The van der Waals surface area contributed by atoms with Gasteiger partial charge in [0.2, 0.25) is 0 Å². The van der Waals surface area contributed by atoms with E-state index < -0.39 is 0 Å². The molecule has 0 aromatic carbocycles. The maximum absolute atomic E-state index is 6.12. The van der Waals surface area contributed by atoms with E-state index in [2.05, 4.69) is 19.3 Å². The first-order chi connectivity index (χ1) is 8.31. The van der Waals surface area contributed by atoms with Gasteiger partial charge in [0.05, 0.1) is 6.10 Å². The zero-order chi connectivity index (χ0) is 12.1. The van der Waals surface area contributed by atoms with Crippen LogP contribution in [0.5, 0.6) is 0 Å². The van der Waals surface area contributed by atoms with Gasteiger partial charge in [-0.3, -0.25) is 0 Å². The van der Waals surface area contributed by atoms with Crippen LogP contribution in [0.15, 0.2) is 0 Å². The lowest BCUT2D eigenvalue weighted by molar-refractivity contribution is -0.0111. The normalized spacial score (nSPS) is 38.5. The molecule has 2 aliphatic carbocycles. The van der Waals surface area contributed by atoms with E-state index in [1.807, 2.05) is 0 Å². The summed E-state index contributed by atoms with van der Waals surface area (Å²) in [5.41, 5.74) is 0. The lowest BCUT2D eigenvalue weighted by Crippen LogP contribution is -2.31. The van der Waals surface area contributed by atoms with Crippen molar-refractivity contribution >= 4 is 0 Å². The molecule has 0 amide bonds. The second-order valence-corrected chi connectivity index (χ2v) is 6.05. The van der Waals surface area contributed by atoms with Crippen LogP contribution >= 0.6 is 0 Å². The van der Waals surface area contributed by atoms with Crippen molar-refractivity contribution in [2.45, 2.75) is 70.4 Å². The van der Waals surface area contributed by atoms with E-state index in [1.165, 1.54) is 51.4 Å². The van der Waals surface area contributed by atoms with Crippen molar-refractivity contribution in [1.82, 2.24) is 5.32 Å². The molecule has 17 heavy (non-hydrogen) atoms. The van der Waals surface area contributed by atoms with Gasteiger partial charge >= 0.3 is 0 Å². The monoisotopic (exact) mass is 239 g/mol. The molecule has 0 aromatic heterocycles. The molecule has 1 N–H and O–H groups in total. The summed E-state index contributed by atoms with van der Waals surface area (Å²) in [5.74, 6) is 1.64. The Balaban J connectivity index is 1.65. The maximum atomic E-state index is 6.12. The highest BCUT2D eigenvalue weighted by Gasteiger charge is 2.26. The Labute approximate surface area is 107 Å². The molecule has 2 aliphatic rings. The summed E-state index contributed by atoms with van der Waals surface area (Å²) < 4.78 is 6.12. The van der Waals surface area contributed by atoms with Crippen LogP contribution in [-0.2, 0) is 4.74 Å². The molecule has 2 saturated carbocycles. The van der Waals surface area contributed by atoms with Crippen LogP contribution in [0.4, 0.5) is 0 Å². The predicted octanol–water partition coefficient (Wildman–Crippen LogP) is 3.36. The average molecular weight is 239 g/mol. The van der Waals surface area contributed by atoms with Crippen molar-refractivity contribution in [3.8, 4) is 0 Å². The van der Waals surface area contributed by atoms with Crippen LogP contribution in [0.3, 0.4) is 0 Å². The van der Waals surface area contributed by atoms with E-state index in [-0.39, 0.29) is 0 Å². The van der Waals surface area contributed by atoms with Gasteiger partial charge in [-0.15, -0.1) is 0 Å². The first kappa shape index (κ1) is 13.4. The standard InChI is InChI=1S/C15H29NO/c1-12-6-3-4-9-15(12)17-11-10-13-7-5-8-14(13)16-2/h12-16H,3-11H2,1-2H3. The van der Waals surface area contributed by atoms with Crippen molar-refractivity contribution in [1.29, 1.82) is 0 Å². The van der Waals surface area contributed by atoms with Gasteiger partial charge in [-0.05, 0) is 51.0 Å². The smallest absolute Gasteiger partial charge is 0.0600 e. The summed E-state index contributed by atoms with van der Waals surface area (Å²) in [6.45, 7) is 3.34. The second-order valence-electron chi connectivity index (χ2n) is 6.05. The number of nitrogens with one attached hydrogen (secondary N) is 1. The van der Waals surface area contributed by atoms with E-state index >= 15 is 0 Å². The van der Waals surface area contributed by atoms with Crippen molar-refractivity contribution in [2.24, 2.45) is 11.8 Å². The first-order valence-electron chi connectivity index (χ1n) is 7.60. The molecule has 2 rings (SSSR count). The van der Waals surface area contributed by atoms with Crippen molar-refractivity contribution in [3.05, 3.63) is 0 Å². The van der Waals surface area contributed by atoms with Crippen LogP contribution in [0, 0.1) is 11.8 Å². The molecule has 2 heteroatoms. The fraction of sp³-hybridized carbons (Fsp3) is 1.00. The summed E-state index contributed by atoms with van der Waals surface area (Å²) in [6.07, 6.45) is 11.4. The minimum Gasteiger partial charge on any atom is -0.378 e. The highest BCUT2D eigenvalue weighted by Crippen LogP contribution is 2.30. The molecule has 0 bridgehead atoms. The molecule has 0 radical (unpaired) electrons. The molecule has 0 saturated heterocycles. The highest BCUT2D eigenvalue weighted by atomic mass is 16.5. The van der Waals surface area contributed by atoms with E-state index in [4.69, 9.17) is 4.74 Å². The molecule has 2 nitrogen and oxygen atoms in total. The van der Waals surface area contributed by atoms with Crippen LogP contribution in [0.25, 0.3) is 0 Å². The summed E-state index contributed by atoms with van der Waals surface area (Å²) in [6, 6.07) is 0.752. The SMILES string of the molecule is CNC1CCCC1CCOC1CCCCC1C. The highest BCUT2D eigenvalue weighted by molar-refractivity contribution is 4.82. The van der Waals surface area contributed by atoms with Gasteiger partial charge in [0.15, 0.2) is 0 Å². The Morgan fingerprint density at radius 1 is 1.06 bits per heavy atom. The van der Waals surface area contributed by atoms with Gasteiger partial charge in [-0.2, -0.15) is 0 Å². The number of ether oxygens (including phenoxy) is 1. The molecular weight excluding hydrogens is 210 g/mol. The van der Waals surface area contributed by atoms with Gasteiger partial charge in [0, 0.05) is 12.6 Å². The Hall–Kier alpha value is -0.0800. The fourth-order valence-electron chi connectivity index (χ4n) is 3.66. The Bertz CT molecular complexity index is 217. The van der Waals surface area contributed by atoms with E-state index in [0.29, 0.717) is 6.10 Å². The van der Waals surface area contributed by atoms with E-state index in [9.17, 15) is 0 Å². The third kappa shape index (κ3) is 3.69. The van der Waals surface area contributed by atoms with E-state index in [1.54, 1.807) is 0 Å². The lowest BCUT2D eigenvalue weighted by Gasteiger charge is -2.29. The molecule has 4 unspecified atom stereocenters. The van der Waals surface area contributed by atoms with Crippen molar-refractivity contribution < 1.29 is 4.74 Å². The molecular formula is C15H29NO. The number of hydrogen-bond acceptors (Lipinski definition) is 2. The van der Waals surface area contributed by atoms with Gasteiger partial charge in [0.25, 0.3) is 0 Å². The van der Waals surface area contributed by atoms with Gasteiger partial charge < -0.3 is 10.1 Å². The van der Waals surface area contributed by atoms with Crippen molar-refractivity contribution in [3.63, 3.8) is 0 Å². The predicted molar refractivity (Wildman–Crippen MR) is 72.2 cm³/mol. The Morgan fingerprint density at radius 2 is 1.88 bits per heavy atom. The summed E-state index contributed by atoms with van der Waals surface area (Å²) in [4.78, 5) is 0. The van der Waals surface area contributed by atoms with Crippen LogP contribution in [0.2, 0.25) is 0 Å². The minimum atomic E-state index is 0.554. The summed E-state index contributed by atoms with van der Waals surface area (Å²) >= 11 is 0. The molecule has 0 aliphatic heterocycles. The molecule has 0 aromatic rings. The van der Waals surface area contributed by atoms with Gasteiger partial charge in [-0.1, -0.05) is 26.2 Å². The second kappa shape index (κ2) is 6.75. The minimum absolute atomic E-state index is 0.554. The zero-order valence-corrected chi connectivity index (χ0v) is 11.6. The third-order valence-corrected chi connectivity index (χ3v) is 4.88. The van der Waals surface area contributed by atoms with Crippen LogP contribution in [-0.4, -0.2) is 25.8 Å². The number of hydrogen-bond donors (Lipinski definition) is 1. The molecule has 0 spiro atoms. The lowest BCUT2D eigenvalue weighted by atomic mass is 9.88. The maximum Gasteiger partial charge on any atom is 0.0600 e. The first-order valence-corrected chi connectivity index (χ1v) is 7.60. The van der Waals surface area contributed by atoms with Gasteiger partial charge in [-0.25, -0.2) is 0 Å². The molecule has 4 atom stereocenters. The fourth-order valence-corrected chi connectivity index (χ4v) is 3.66. The average Bonchev–Trinajstić information content (AvgIpc) is 2.79. The topological polar surface area (TPSA) is 21.3 Å². The summed E-state index contributed by atoms with van der Waals surface area (Å²) in [5, 5.41) is 3.46. The van der Waals surface area contributed by atoms with Crippen molar-refractivity contribution in [2.75, 3.05) is 13.7 Å². The molecule has 0 heterocycles. The number of rotatable bonds is 5. The molecule has 2 fully saturated rings. The molecule has 100 valence electrons. The van der Waals surface area contributed by atoms with Gasteiger partial charge in [0.1, 0.15) is 0 Å².